The van der Waals surface area contributed by atoms with Crippen LogP contribution in [0.3, 0.4) is 0 Å². The number of ether oxygens (including phenoxy) is 3. The van der Waals surface area contributed by atoms with Crippen LogP contribution in [0.15, 0.2) is 36.4 Å². The lowest BCUT2D eigenvalue weighted by Crippen LogP contribution is -2.13. The fourth-order valence-corrected chi connectivity index (χ4v) is 2.13. The second-order valence-electron chi connectivity index (χ2n) is 5.92. The molecular weight excluding hydrogens is 306 g/mol. The van der Waals surface area contributed by atoms with Crippen molar-refractivity contribution in [1.29, 1.82) is 0 Å². The smallest absolute Gasteiger partial charge is 0.357 e. The Balaban J connectivity index is 2.33. The number of hydrogen-bond donors (Lipinski definition) is 0. The van der Waals surface area contributed by atoms with E-state index in [9.17, 15) is 4.79 Å². The lowest BCUT2D eigenvalue weighted by molar-refractivity contribution is 0.0370. The van der Waals surface area contributed by atoms with Gasteiger partial charge in [-0.15, -0.1) is 0 Å². The minimum atomic E-state index is -0.468. The Hall–Kier alpha value is -2.56. The Morgan fingerprint density at radius 1 is 0.958 bits per heavy atom. The zero-order valence-electron chi connectivity index (χ0n) is 14.7. The molecule has 0 aliphatic heterocycles. The first-order chi connectivity index (χ1) is 11.4. The molecule has 0 amide bonds. The van der Waals surface area contributed by atoms with E-state index in [-0.39, 0.29) is 17.9 Å². The molecule has 1 heterocycles. The van der Waals surface area contributed by atoms with E-state index in [0.717, 1.165) is 11.3 Å². The van der Waals surface area contributed by atoms with E-state index in [4.69, 9.17) is 14.2 Å². The van der Waals surface area contributed by atoms with Gasteiger partial charge >= 0.3 is 5.97 Å². The number of nitrogens with zero attached hydrogens (tertiary/aromatic N) is 1. The molecule has 128 valence electrons. The van der Waals surface area contributed by atoms with Gasteiger partial charge in [-0.25, -0.2) is 9.78 Å². The highest BCUT2D eigenvalue weighted by atomic mass is 16.5. The van der Waals surface area contributed by atoms with E-state index in [1.165, 1.54) is 0 Å². The summed E-state index contributed by atoms with van der Waals surface area (Å²) >= 11 is 0. The predicted octanol–water partition coefficient (Wildman–Crippen LogP) is 4.11. The normalized spacial score (nSPS) is 10.8. The number of carbonyl (C=O) groups is 1. The molecule has 0 radical (unpaired) electrons. The Morgan fingerprint density at radius 2 is 1.62 bits per heavy atom. The average molecular weight is 329 g/mol. The van der Waals surface area contributed by atoms with Crippen LogP contribution in [0.1, 0.15) is 38.2 Å². The van der Waals surface area contributed by atoms with Crippen LogP contribution in [0.5, 0.6) is 11.5 Å². The van der Waals surface area contributed by atoms with Gasteiger partial charge in [-0.05, 0) is 52.0 Å². The van der Waals surface area contributed by atoms with Crippen molar-refractivity contribution in [2.24, 2.45) is 0 Å². The zero-order chi connectivity index (χ0) is 17.7. The van der Waals surface area contributed by atoms with Gasteiger partial charge in [0.05, 0.1) is 25.0 Å². The summed E-state index contributed by atoms with van der Waals surface area (Å²) in [7, 11) is 1.55. The summed E-state index contributed by atoms with van der Waals surface area (Å²) in [5.74, 6) is 0.874. The maximum atomic E-state index is 12.1. The van der Waals surface area contributed by atoms with Crippen LogP contribution < -0.4 is 9.47 Å². The maximum Gasteiger partial charge on any atom is 0.357 e. The van der Waals surface area contributed by atoms with Crippen LogP contribution in [-0.2, 0) is 4.74 Å². The number of carbonyl (C=O) groups excluding carboxylic acids is 1. The van der Waals surface area contributed by atoms with Gasteiger partial charge in [0.25, 0.3) is 0 Å². The van der Waals surface area contributed by atoms with E-state index in [2.05, 4.69) is 4.98 Å². The summed E-state index contributed by atoms with van der Waals surface area (Å²) in [4.78, 5) is 16.5. The first-order valence-electron chi connectivity index (χ1n) is 7.93. The number of rotatable bonds is 6. The topological polar surface area (TPSA) is 57.7 Å². The summed E-state index contributed by atoms with van der Waals surface area (Å²) in [5, 5.41) is 0. The molecule has 5 heteroatoms. The van der Waals surface area contributed by atoms with Crippen molar-refractivity contribution in [3.8, 4) is 22.8 Å². The van der Waals surface area contributed by atoms with E-state index in [1.807, 2.05) is 38.1 Å². The molecule has 0 atom stereocenters. The maximum absolute atomic E-state index is 12.1. The number of pyridine rings is 1. The highest BCUT2D eigenvalue weighted by Crippen LogP contribution is 2.26. The largest absolute Gasteiger partial charge is 0.497 e. The van der Waals surface area contributed by atoms with Gasteiger partial charge in [-0.3, -0.25) is 0 Å². The molecular formula is C19H23NO4. The number of aromatic nitrogens is 1. The van der Waals surface area contributed by atoms with Crippen molar-refractivity contribution in [3.63, 3.8) is 0 Å². The van der Waals surface area contributed by atoms with E-state index in [1.54, 1.807) is 33.1 Å². The summed E-state index contributed by atoms with van der Waals surface area (Å²) in [5.41, 5.74) is 1.73. The number of methoxy groups -OCH3 is 1. The van der Waals surface area contributed by atoms with Gasteiger partial charge in [-0.1, -0.05) is 0 Å². The molecule has 2 aromatic rings. The van der Waals surface area contributed by atoms with Crippen LogP contribution >= 0.6 is 0 Å². The molecule has 0 saturated carbocycles. The molecule has 0 fully saturated rings. The molecule has 1 aromatic heterocycles. The van der Waals surface area contributed by atoms with Crippen molar-refractivity contribution in [1.82, 2.24) is 4.98 Å². The Bertz CT molecular complexity index is 693. The lowest BCUT2D eigenvalue weighted by atomic mass is 10.1. The van der Waals surface area contributed by atoms with Gasteiger partial charge in [0.1, 0.15) is 11.5 Å². The van der Waals surface area contributed by atoms with Crippen LogP contribution in [-0.4, -0.2) is 30.3 Å². The zero-order valence-corrected chi connectivity index (χ0v) is 14.7. The number of benzene rings is 1. The molecule has 0 unspecified atom stereocenters. The van der Waals surface area contributed by atoms with Gasteiger partial charge in [-0.2, -0.15) is 0 Å². The van der Waals surface area contributed by atoms with Crippen molar-refractivity contribution in [2.45, 2.75) is 39.9 Å². The highest BCUT2D eigenvalue weighted by Gasteiger charge is 2.15. The molecule has 0 aliphatic rings. The standard InChI is InChI=1S/C19H23NO4/c1-12(2)23-15-8-6-14(7-9-15)17-10-16(22-5)11-18(20-17)19(21)24-13(3)4/h6-13H,1-5H3. The van der Waals surface area contributed by atoms with Crippen LogP contribution in [0.4, 0.5) is 0 Å². The molecule has 0 bridgehead atoms. The molecule has 2 rings (SSSR count). The van der Waals surface area contributed by atoms with E-state index >= 15 is 0 Å². The van der Waals surface area contributed by atoms with E-state index in [0.29, 0.717) is 11.4 Å². The molecule has 0 N–H and O–H groups in total. The monoisotopic (exact) mass is 329 g/mol. The van der Waals surface area contributed by atoms with Gasteiger partial charge < -0.3 is 14.2 Å². The third-order valence-corrected chi connectivity index (χ3v) is 3.11. The first kappa shape index (κ1) is 17.8. The second-order valence-corrected chi connectivity index (χ2v) is 5.92. The fourth-order valence-electron chi connectivity index (χ4n) is 2.13. The van der Waals surface area contributed by atoms with Crippen LogP contribution in [0.2, 0.25) is 0 Å². The van der Waals surface area contributed by atoms with Crippen LogP contribution in [0.25, 0.3) is 11.3 Å². The molecule has 0 saturated heterocycles. The van der Waals surface area contributed by atoms with Gasteiger partial charge in [0.15, 0.2) is 5.69 Å². The summed E-state index contributed by atoms with van der Waals surface area (Å²) in [6, 6.07) is 10.9. The second kappa shape index (κ2) is 7.81. The van der Waals surface area contributed by atoms with Crippen LogP contribution in [0, 0.1) is 0 Å². The lowest BCUT2D eigenvalue weighted by Gasteiger charge is -2.12. The minimum Gasteiger partial charge on any atom is -0.497 e. The molecule has 0 spiro atoms. The van der Waals surface area contributed by atoms with Crippen molar-refractivity contribution in [2.75, 3.05) is 7.11 Å². The Labute approximate surface area is 142 Å². The minimum absolute atomic E-state index is 0.114. The van der Waals surface area contributed by atoms with Crippen molar-refractivity contribution >= 4 is 5.97 Å². The molecule has 0 aliphatic carbocycles. The van der Waals surface area contributed by atoms with Gasteiger partial charge in [0, 0.05) is 17.7 Å². The molecule has 5 nitrogen and oxygen atoms in total. The average Bonchev–Trinajstić information content (AvgIpc) is 2.54. The number of hydrogen-bond acceptors (Lipinski definition) is 5. The highest BCUT2D eigenvalue weighted by molar-refractivity contribution is 5.88. The number of esters is 1. The third kappa shape index (κ3) is 4.72. The quantitative estimate of drug-likeness (QED) is 0.747. The predicted molar refractivity (Wildman–Crippen MR) is 92.5 cm³/mol. The SMILES string of the molecule is COc1cc(C(=O)OC(C)C)nc(-c2ccc(OC(C)C)cc2)c1. The molecule has 24 heavy (non-hydrogen) atoms. The van der Waals surface area contributed by atoms with E-state index < -0.39 is 5.97 Å². The fraction of sp³-hybridized carbons (Fsp3) is 0.368. The van der Waals surface area contributed by atoms with Crippen molar-refractivity contribution < 1.29 is 19.0 Å². The first-order valence-corrected chi connectivity index (χ1v) is 7.93. The summed E-state index contributed by atoms with van der Waals surface area (Å²) < 4.78 is 16.1. The Kier molecular flexibility index (Phi) is 5.79. The van der Waals surface area contributed by atoms with Gasteiger partial charge in [0.2, 0.25) is 0 Å². The molecule has 1 aromatic carbocycles. The third-order valence-electron chi connectivity index (χ3n) is 3.11. The summed E-state index contributed by atoms with van der Waals surface area (Å²) in [6.45, 7) is 7.55. The Morgan fingerprint density at radius 3 is 2.17 bits per heavy atom. The van der Waals surface area contributed by atoms with Crippen molar-refractivity contribution in [3.05, 3.63) is 42.1 Å². The summed E-state index contributed by atoms with van der Waals surface area (Å²) in [6.07, 6.45) is -0.0929.